The summed E-state index contributed by atoms with van der Waals surface area (Å²) in [7, 11) is -0.938. The van der Waals surface area contributed by atoms with Gasteiger partial charge >= 0.3 is 12.6 Å². The molecular weight excluding hydrogens is 434 g/mol. The van der Waals surface area contributed by atoms with E-state index in [0.717, 1.165) is 10.4 Å². The molecule has 2 rings (SSSR count). The number of esters is 1. The molecule has 0 radical (unpaired) electrons. The lowest BCUT2D eigenvalue weighted by Crippen LogP contribution is -2.30. The summed E-state index contributed by atoms with van der Waals surface area (Å²) >= 11 is 0. The first-order valence-electron chi connectivity index (χ1n) is 9.01. The lowest BCUT2D eigenvalue weighted by Gasteiger charge is -2.17. The van der Waals surface area contributed by atoms with Gasteiger partial charge in [-0.15, -0.1) is 0 Å². The van der Waals surface area contributed by atoms with Crippen LogP contribution in [0.2, 0.25) is 0 Å². The van der Waals surface area contributed by atoms with E-state index in [-0.39, 0.29) is 21.9 Å². The first-order chi connectivity index (χ1) is 14.4. The Morgan fingerprint density at radius 1 is 1.10 bits per heavy atom. The van der Waals surface area contributed by atoms with Crippen molar-refractivity contribution in [2.45, 2.75) is 31.5 Å². The number of ether oxygens (including phenoxy) is 2. The van der Waals surface area contributed by atoms with Gasteiger partial charge in [0.25, 0.3) is 5.91 Å². The van der Waals surface area contributed by atoms with Crippen molar-refractivity contribution in [2.24, 2.45) is 0 Å². The van der Waals surface area contributed by atoms with Crippen LogP contribution in [0.3, 0.4) is 0 Å². The quantitative estimate of drug-likeness (QED) is 0.613. The van der Waals surface area contributed by atoms with Crippen LogP contribution in [0, 0.1) is 6.92 Å². The van der Waals surface area contributed by atoms with Gasteiger partial charge in [0.2, 0.25) is 10.0 Å². The summed E-state index contributed by atoms with van der Waals surface area (Å²) in [5, 5.41) is 2.53. The van der Waals surface area contributed by atoms with Crippen LogP contribution in [0.4, 0.5) is 14.5 Å². The minimum Gasteiger partial charge on any atom is -0.449 e. The van der Waals surface area contributed by atoms with E-state index in [1.165, 1.54) is 57.4 Å². The molecule has 0 fully saturated rings. The van der Waals surface area contributed by atoms with E-state index in [9.17, 15) is 26.8 Å². The van der Waals surface area contributed by atoms with E-state index in [0.29, 0.717) is 5.56 Å². The van der Waals surface area contributed by atoms with Crippen LogP contribution in [0.25, 0.3) is 0 Å². The highest BCUT2D eigenvalue weighted by molar-refractivity contribution is 7.89. The molecule has 1 N–H and O–H groups in total. The summed E-state index contributed by atoms with van der Waals surface area (Å²) in [5.41, 5.74) is 0.762. The maximum atomic E-state index is 12.5. The van der Waals surface area contributed by atoms with Crippen molar-refractivity contribution in [3.8, 4) is 5.75 Å². The minimum atomic E-state index is -3.71. The third-order valence-corrected chi connectivity index (χ3v) is 6.00. The van der Waals surface area contributed by atoms with Crippen molar-refractivity contribution in [3.05, 3.63) is 53.6 Å². The van der Waals surface area contributed by atoms with Gasteiger partial charge in [0.05, 0.1) is 10.5 Å². The molecule has 11 heteroatoms. The molecule has 0 aliphatic heterocycles. The minimum absolute atomic E-state index is 0.0149. The number of rotatable bonds is 8. The number of anilines is 1. The smallest absolute Gasteiger partial charge is 0.387 e. The molecule has 0 aliphatic rings. The van der Waals surface area contributed by atoms with E-state index in [2.05, 4.69) is 10.1 Å². The van der Waals surface area contributed by atoms with Gasteiger partial charge in [-0.1, -0.05) is 12.1 Å². The van der Waals surface area contributed by atoms with Crippen LogP contribution in [-0.4, -0.2) is 51.4 Å². The molecule has 0 bridgehead atoms. The molecule has 2 aromatic carbocycles. The zero-order valence-electron chi connectivity index (χ0n) is 17.3. The molecule has 1 unspecified atom stereocenters. The van der Waals surface area contributed by atoms with E-state index in [1.807, 2.05) is 0 Å². The molecule has 31 heavy (non-hydrogen) atoms. The third kappa shape index (κ3) is 6.22. The molecule has 0 aliphatic carbocycles. The standard InChI is InChI=1S/C20H22F2N2O6S/c1-12-8-9-16(31(27,28)24(3)4)11-17(12)23-18(25)13(2)29-19(26)14-6-5-7-15(10-14)30-20(21)22/h5-11,13,20H,1-4H3,(H,23,25). The maximum absolute atomic E-state index is 12.5. The fourth-order valence-corrected chi connectivity index (χ4v) is 3.35. The van der Waals surface area contributed by atoms with Gasteiger partial charge in [-0.2, -0.15) is 8.78 Å². The molecular formula is C20H22F2N2O6S. The summed E-state index contributed by atoms with van der Waals surface area (Å²) in [6.45, 7) is -0.0544. The summed E-state index contributed by atoms with van der Waals surface area (Å²) in [4.78, 5) is 24.7. The van der Waals surface area contributed by atoms with Crippen LogP contribution < -0.4 is 10.1 Å². The van der Waals surface area contributed by atoms with E-state index >= 15 is 0 Å². The average Bonchev–Trinajstić information content (AvgIpc) is 2.68. The van der Waals surface area contributed by atoms with Crippen LogP contribution >= 0.6 is 0 Å². The van der Waals surface area contributed by atoms with Gasteiger partial charge < -0.3 is 14.8 Å². The number of carbonyl (C=O) groups excluding carboxylic acids is 2. The molecule has 8 nitrogen and oxygen atoms in total. The average molecular weight is 456 g/mol. The van der Waals surface area contributed by atoms with Crippen molar-refractivity contribution in [3.63, 3.8) is 0 Å². The van der Waals surface area contributed by atoms with Gasteiger partial charge in [0, 0.05) is 19.8 Å². The molecule has 0 spiro atoms. The fraction of sp³-hybridized carbons (Fsp3) is 0.300. The Hall–Kier alpha value is -3.05. The van der Waals surface area contributed by atoms with Gasteiger partial charge in [0.15, 0.2) is 6.10 Å². The van der Waals surface area contributed by atoms with Gasteiger partial charge in [-0.3, -0.25) is 4.79 Å². The number of nitrogens with zero attached hydrogens (tertiary/aromatic N) is 1. The second-order valence-corrected chi connectivity index (χ2v) is 8.86. The zero-order valence-corrected chi connectivity index (χ0v) is 18.1. The Morgan fingerprint density at radius 3 is 2.39 bits per heavy atom. The number of amides is 1. The Balaban J connectivity index is 2.12. The molecule has 0 saturated heterocycles. The highest BCUT2D eigenvalue weighted by Crippen LogP contribution is 2.23. The number of alkyl halides is 2. The zero-order chi connectivity index (χ0) is 23.3. The number of halogens is 2. The first kappa shape index (κ1) is 24.2. The first-order valence-corrected chi connectivity index (χ1v) is 10.5. The third-order valence-electron chi connectivity index (χ3n) is 4.19. The number of carbonyl (C=O) groups is 2. The van der Waals surface area contributed by atoms with Crippen LogP contribution in [0.15, 0.2) is 47.4 Å². The summed E-state index contributed by atoms with van der Waals surface area (Å²) in [5.74, 6) is -1.84. The van der Waals surface area contributed by atoms with E-state index in [1.54, 1.807) is 6.92 Å². The highest BCUT2D eigenvalue weighted by Gasteiger charge is 2.22. The van der Waals surface area contributed by atoms with E-state index in [4.69, 9.17) is 4.74 Å². The van der Waals surface area contributed by atoms with Crippen molar-refractivity contribution in [1.29, 1.82) is 0 Å². The van der Waals surface area contributed by atoms with Gasteiger partial charge in [-0.05, 0) is 49.7 Å². The molecule has 2 aromatic rings. The Morgan fingerprint density at radius 2 is 1.77 bits per heavy atom. The van der Waals surface area contributed by atoms with Crippen molar-refractivity contribution >= 4 is 27.6 Å². The molecule has 168 valence electrons. The normalized spacial score (nSPS) is 12.5. The fourth-order valence-electron chi connectivity index (χ4n) is 2.42. The molecule has 0 aromatic heterocycles. The highest BCUT2D eigenvalue weighted by atomic mass is 32.2. The number of aryl methyl sites for hydroxylation is 1. The number of benzene rings is 2. The van der Waals surface area contributed by atoms with Gasteiger partial charge in [0.1, 0.15) is 5.75 Å². The number of nitrogens with one attached hydrogen (secondary N) is 1. The predicted octanol–water partition coefficient (Wildman–Crippen LogP) is 3.03. The van der Waals surface area contributed by atoms with Crippen LogP contribution in [-0.2, 0) is 19.6 Å². The summed E-state index contributed by atoms with van der Waals surface area (Å²) in [6, 6.07) is 9.23. The number of hydrogen-bond acceptors (Lipinski definition) is 6. The molecule has 0 heterocycles. The topological polar surface area (TPSA) is 102 Å². The number of hydrogen-bond donors (Lipinski definition) is 1. The molecule has 0 saturated carbocycles. The Kier molecular flexibility index (Phi) is 7.69. The SMILES string of the molecule is Cc1ccc(S(=O)(=O)N(C)C)cc1NC(=O)C(C)OC(=O)c1cccc(OC(F)F)c1. The lowest BCUT2D eigenvalue weighted by atomic mass is 10.2. The maximum Gasteiger partial charge on any atom is 0.387 e. The van der Waals surface area contributed by atoms with Crippen molar-refractivity contribution < 1.29 is 36.3 Å². The van der Waals surface area contributed by atoms with E-state index < -0.39 is 34.6 Å². The van der Waals surface area contributed by atoms with Crippen molar-refractivity contribution in [2.75, 3.05) is 19.4 Å². The second-order valence-electron chi connectivity index (χ2n) is 6.71. The Bertz CT molecular complexity index is 1070. The molecule has 1 amide bonds. The summed E-state index contributed by atoms with van der Waals surface area (Å²) < 4.78 is 59.6. The Labute approximate surface area is 178 Å². The predicted molar refractivity (Wildman–Crippen MR) is 109 cm³/mol. The monoisotopic (exact) mass is 456 g/mol. The van der Waals surface area contributed by atoms with Crippen LogP contribution in [0.1, 0.15) is 22.8 Å². The summed E-state index contributed by atoms with van der Waals surface area (Å²) in [6.07, 6.45) is -1.25. The van der Waals surface area contributed by atoms with Crippen LogP contribution in [0.5, 0.6) is 5.75 Å². The largest absolute Gasteiger partial charge is 0.449 e. The number of sulfonamides is 1. The molecule has 1 atom stereocenters. The lowest BCUT2D eigenvalue weighted by molar-refractivity contribution is -0.123. The van der Waals surface area contributed by atoms with Gasteiger partial charge in [-0.25, -0.2) is 17.5 Å². The second kappa shape index (κ2) is 9.84. The van der Waals surface area contributed by atoms with Crippen molar-refractivity contribution in [1.82, 2.24) is 4.31 Å².